The lowest BCUT2D eigenvalue weighted by molar-refractivity contribution is -0.143. The first kappa shape index (κ1) is 12.6. The molecule has 0 rings (SSSR count). The molecule has 0 aromatic carbocycles. The summed E-state index contributed by atoms with van der Waals surface area (Å²) in [6.07, 6.45) is 0.391. The van der Waals surface area contributed by atoms with Crippen LogP contribution < -0.4 is 0 Å². The largest absolute Gasteiger partial charge is 0.465 e. The van der Waals surface area contributed by atoms with Crippen molar-refractivity contribution in [3.63, 3.8) is 0 Å². The van der Waals surface area contributed by atoms with Gasteiger partial charge < -0.3 is 4.74 Å². The molecule has 0 saturated carbocycles. The molecule has 0 saturated heterocycles. The summed E-state index contributed by atoms with van der Waals surface area (Å²) < 4.78 is 4.69. The van der Waals surface area contributed by atoms with Gasteiger partial charge in [-0.05, 0) is 0 Å². The first-order chi connectivity index (χ1) is 5.52. The van der Waals surface area contributed by atoms with Gasteiger partial charge in [-0.2, -0.15) is 0 Å². The number of hydrogen-bond acceptors (Lipinski definition) is 2. The topological polar surface area (TPSA) is 26.3 Å². The minimum absolute atomic E-state index is 0.0155. The summed E-state index contributed by atoms with van der Waals surface area (Å²) in [5, 5.41) is 0. The number of carbonyl (C=O) groups excluding carboxylic acids is 1. The molecule has 0 bridgehead atoms. The van der Waals surface area contributed by atoms with E-state index in [2.05, 4.69) is 4.74 Å². The molecule has 72 valence electrons. The fraction of sp³-hybridized carbons (Fsp3) is 0.833. The molecular weight excluding hydrogens is 246 g/mol. The Balaban J connectivity index is 3.32. The van der Waals surface area contributed by atoms with E-state index in [0.29, 0.717) is 6.42 Å². The van der Waals surface area contributed by atoms with E-state index >= 15 is 0 Å². The van der Waals surface area contributed by atoms with Gasteiger partial charge in [0.2, 0.25) is 0 Å². The van der Waals surface area contributed by atoms with Crippen molar-refractivity contribution in [1.82, 2.24) is 0 Å². The molecule has 0 spiro atoms. The maximum Gasteiger partial charge on any atom is 0.308 e. The minimum Gasteiger partial charge on any atom is -0.465 e. The van der Waals surface area contributed by atoms with Gasteiger partial charge >= 0.3 is 5.97 Å². The molecule has 0 aliphatic rings. The number of ether oxygens (including phenoxy) is 1. The molecule has 0 heterocycles. The van der Waals surface area contributed by atoms with Gasteiger partial charge in [0, 0.05) is 6.42 Å². The van der Waals surface area contributed by atoms with E-state index in [4.69, 9.17) is 46.4 Å². The highest BCUT2D eigenvalue weighted by atomic mass is 35.5. The van der Waals surface area contributed by atoms with E-state index < -0.39 is 15.6 Å². The smallest absolute Gasteiger partial charge is 0.308 e. The standard InChI is InChI=1S/C6H8Cl4O2/c7-4(8)1-2-12-6(11)3-5(9)10/h4-5H,1-3H2. The Morgan fingerprint density at radius 2 is 1.75 bits per heavy atom. The normalized spacial score (nSPS) is 10.8. The lowest BCUT2D eigenvalue weighted by Crippen LogP contribution is -2.10. The van der Waals surface area contributed by atoms with Crippen LogP contribution in [0, 0.1) is 0 Å². The SMILES string of the molecule is O=C(CC(Cl)Cl)OCCC(Cl)Cl. The van der Waals surface area contributed by atoms with E-state index in [-0.39, 0.29) is 13.0 Å². The van der Waals surface area contributed by atoms with Gasteiger partial charge in [0.05, 0.1) is 13.0 Å². The van der Waals surface area contributed by atoms with Crippen LogP contribution in [0.3, 0.4) is 0 Å². The Labute approximate surface area is 91.1 Å². The second-order valence-corrected chi connectivity index (χ2v) is 4.55. The Morgan fingerprint density at radius 1 is 1.17 bits per heavy atom. The second kappa shape index (κ2) is 7.07. The van der Waals surface area contributed by atoms with Crippen molar-refractivity contribution in [2.45, 2.75) is 22.5 Å². The van der Waals surface area contributed by atoms with Crippen LogP contribution in [0.25, 0.3) is 0 Å². The lowest BCUT2D eigenvalue weighted by atomic mass is 10.5. The molecular formula is C6H8Cl4O2. The van der Waals surface area contributed by atoms with Gasteiger partial charge in [-0.15, -0.1) is 46.4 Å². The predicted octanol–water partition coefficient (Wildman–Crippen LogP) is 2.92. The van der Waals surface area contributed by atoms with Gasteiger partial charge in [0.1, 0.15) is 9.67 Å². The summed E-state index contributed by atoms with van der Waals surface area (Å²) >= 11 is 21.4. The summed E-state index contributed by atoms with van der Waals surface area (Å²) in [7, 11) is 0. The molecule has 0 aliphatic carbocycles. The van der Waals surface area contributed by atoms with Crippen LogP contribution in [0.2, 0.25) is 0 Å². The fourth-order valence-corrected chi connectivity index (χ4v) is 0.877. The Kier molecular flexibility index (Phi) is 7.45. The molecule has 6 heteroatoms. The van der Waals surface area contributed by atoms with E-state index in [0.717, 1.165) is 0 Å². The second-order valence-electron chi connectivity index (χ2n) is 2.00. The van der Waals surface area contributed by atoms with Crippen molar-refractivity contribution in [1.29, 1.82) is 0 Å². The number of halogens is 4. The molecule has 0 aromatic rings. The third-order valence-electron chi connectivity index (χ3n) is 0.920. The molecule has 0 fully saturated rings. The lowest BCUT2D eigenvalue weighted by Gasteiger charge is -2.04. The van der Waals surface area contributed by atoms with E-state index in [1.54, 1.807) is 0 Å². The number of hydrogen-bond donors (Lipinski definition) is 0. The third kappa shape index (κ3) is 8.72. The summed E-state index contributed by atoms with van der Waals surface area (Å²) in [6.45, 7) is 0.191. The summed E-state index contributed by atoms with van der Waals surface area (Å²) in [6, 6.07) is 0. The molecule has 0 amide bonds. The Hall–Kier alpha value is 0.630. The molecule has 0 N–H and O–H groups in total. The van der Waals surface area contributed by atoms with Gasteiger partial charge in [0.15, 0.2) is 0 Å². The Morgan fingerprint density at radius 3 is 2.17 bits per heavy atom. The van der Waals surface area contributed by atoms with Gasteiger partial charge in [0.25, 0.3) is 0 Å². The summed E-state index contributed by atoms with van der Waals surface area (Å²) in [5.74, 6) is -0.445. The first-order valence-electron chi connectivity index (χ1n) is 3.24. The highest BCUT2D eigenvalue weighted by molar-refractivity contribution is 6.45. The first-order valence-corrected chi connectivity index (χ1v) is 4.99. The van der Waals surface area contributed by atoms with Crippen molar-refractivity contribution in [3.05, 3.63) is 0 Å². The molecule has 0 atom stereocenters. The van der Waals surface area contributed by atoms with Gasteiger partial charge in [-0.1, -0.05) is 0 Å². The summed E-state index contributed by atoms with van der Waals surface area (Å²) in [4.78, 5) is 9.52. The number of alkyl halides is 4. The zero-order valence-electron chi connectivity index (χ0n) is 6.10. The maximum absolute atomic E-state index is 10.8. The van der Waals surface area contributed by atoms with Crippen LogP contribution in [-0.2, 0) is 9.53 Å². The molecule has 0 unspecified atom stereocenters. The van der Waals surface area contributed by atoms with Crippen LogP contribution in [0.15, 0.2) is 0 Å². The number of rotatable bonds is 5. The zero-order chi connectivity index (χ0) is 9.56. The highest BCUT2D eigenvalue weighted by Crippen LogP contribution is 2.09. The quantitative estimate of drug-likeness (QED) is 0.556. The minimum atomic E-state index is -0.722. The van der Waals surface area contributed by atoms with Gasteiger partial charge in [-0.25, -0.2) is 0 Å². The van der Waals surface area contributed by atoms with Crippen LogP contribution in [0.5, 0.6) is 0 Å². The summed E-state index contributed by atoms with van der Waals surface area (Å²) in [5.41, 5.74) is 0. The average molecular weight is 254 g/mol. The van der Waals surface area contributed by atoms with Crippen molar-refractivity contribution in [2.75, 3.05) is 6.61 Å². The number of carbonyl (C=O) groups is 1. The molecule has 0 radical (unpaired) electrons. The van der Waals surface area contributed by atoms with Crippen LogP contribution in [0.1, 0.15) is 12.8 Å². The molecule has 0 aromatic heterocycles. The van der Waals surface area contributed by atoms with E-state index in [1.807, 2.05) is 0 Å². The van der Waals surface area contributed by atoms with Crippen molar-refractivity contribution < 1.29 is 9.53 Å². The predicted molar refractivity (Wildman–Crippen MR) is 51.2 cm³/mol. The van der Waals surface area contributed by atoms with Crippen molar-refractivity contribution >= 4 is 52.4 Å². The van der Waals surface area contributed by atoms with E-state index in [9.17, 15) is 4.79 Å². The number of esters is 1. The van der Waals surface area contributed by atoms with Crippen LogP contribution in [-0.4, -0.2) is 22.2 Å². The maximum atomic E-state index is 10.8. The highest BCUT2D eigenvalue weighted by Gasteiger charge is 2.09. The van der Waals surface area contributed by atoms with Crippen molar-refractivity contribution in [2.24, 2.45) is 0 Å². The Bertz CT molecular complexity index is 138. The van der Waals surface area contributed by atoms with Gasteiger partial charge in [-0.3, -0.25) is 4.79 Å². The molecule has 2 nitrogen and oxygen atoms in total. The monoisotopic (exact) mass is 252 g/mol. The zero-order valence-corrected chi connectivity index (χ0v) is 9.13. The average Bonchev–Trinajstić information content (AvgIpc) is 1.84. The molecule has 0 aliphatic heterocycles. The fourth-order valence-electron chi connectivity index (χ4n) is 0.447. The van der Waals surface area contributed by atoms with Crippen LogP contribution in [0.4, 0.5) is 0 Å². The van der Waals surface area contributed by atoms with E-state index in [1.165, 1.54) is 0 Å². The third-order valence-corrected chi connectivity index (χ3v) is 1.67. The molecule has 12 heavy (non-hydrogen) atoms. The van der Waals surface area contributed by atoms with Crippen molar-refractivity contribution in [3.8, 4) is 0 Å². The van der Waals surface area contributed by atoms with Crippen LogP contribution >= 0.6 is 46.4 Å².